The lowest BCUT2D eigenvalue weighted by molar-refractivity contribution is -0.137. The Morgan fingerprint density at radius 1 is 1.33 bits per heavy atom. The van der Waals surface area contributed by atoms with Crippen LogP contribution in [-0.4, -0.2) is 24.3 Å². The molecule has 1 saturated heterocycles. The van der Waals surface area contributed by atoms with E-state index in [1.165, 1.54) is 11.1 Å². The van der Waals surface area contributed by atoms with Crippen molar-refractivity contribution >= 4 is 5.97 Å². The molecular weight excluding hydrogens is 228 g/mol. The monoisotopic (exact) mass is 248 g/mol. The molecule has 1 heterocycles. The van der Waals surface area contributed by atoms with Crippen LogP contribution in [-0.2, 0) is 21.4 Å². The topological polar surface area (TPSA) is 46.5 Å². The second-order valence-corrected chi connectivity index (χ2v) is 5.07. The predicted octanol–water partition coefficient (Wildman–Crippen LogP) is 2.77. The highest BCUT2D eigenvalue weighted by Gasteiger charge is 2.39. The number of aryl methyl sites for hydroxylation is 1. The molecule has 18 heavy (non-hydrogen) atoms. The minimum Gasteiger partial charge on any atom is -0.481 e. The number of carboxylic acids is 1. The Balaban J connectivity index is 2.03. The molecule has 0 radical (unpaired) electrons. The molecule has 1 aliphatic heterocycles. The van der Waals surface area contributed by atoms with E-state index in [9.17, 15) is 4.79 Å². The van der Waals surface area contributed by atoms with Gasteiger partial charge in [0.1, 0.15) is 0 Å². The zero-order valence-electron chi connectivity index (χ0n) is 10.8. The summed E-state index contributed by atoms with van der Waals surface area (Å²) in [4.78, 5) is 10.6. The fraction of sp³-hybridized carbons (Fsp3) is 0.533. The molecule has 3 nitrogen and oxygen atoms in total. The fourth-order valence-electron chi connectivity index (χ4n) is 2.48. The quantitative estimate of drug-likeness (QED) is 0.842. The van der Waals surface area contributed by atoms with Crippen molar-refractivity contribution in [3.63, 3.8) is 0 Å². The Hall–Kier alpha value is -1.35. The Kier molecular flexibility index (Phi) is 4.02. The first-order valence-corrected chi connectivity index (χ1v) is 6.55. The van der Waals surface area contributed by atoms with Gasteiger partial charge in [-0.2, -0.15) is 0 Å². The maximum Gasteiger partial charge on any atom is 0.303 e. The lowest BCUT2D eigenvalue weighted by Gasteiger charge is -2.42. The van der Waals surface area contributed by atoms with Crippen LogP contribution in [0.4, 0.5) is 0 Å². The predicted molar refractivity (Wildman–Crippen MR) is 69.8 cm³/mol. The maximum absolute atomic E-state index is 10.6. The Morgan fingerprint density at radius 2 is 2.00 bits per heavy atom. The van der Waals surface area contributed by atoms with E-state index >= 15 is 0 Å². The summed E-state index contributed by atoms with van der Waals surface area (Å²) in [5, 5.41) is 8.71. The Morgan fingerprint density at radius 3 is 2.44 bits per heavy atom. The summed E-state index contributed by atoms with van der Waals surface area (Å²) in [5.74, 6) is -0.716. The first-order valence-electron chi connectivity index (χ1n) is 6.55. The van der Waals surface area contributed by atoms with Crippen molar-refractivity contribution in [2.45, 2.75) is 38.0 Å². The summed E-state index contributed by atoms with van der Waals surface area (Å²) in [6.45, 7) is 3.58. The largest absolute Gasteiger partial charge is 0.481 e. The van der Waals surface area contributed by atoms with E-state index in [1.54, 1.807) is 0 Å². The average Bonchev–Trinajstić information content (AvgIpc) is 2.32. The van der Waals surface area contributed by atoms with Gasteiger partial charge >= 0.3 is 5.97 Å². The molecule has 1 aromatic rings. The first-order chi connectivity index (χ1) is 8.66. The van der Waals surface area contributed by atoms with Crippen LogP contribution in [0.1, 0.15) is 37.3 Å². The minimum atomic E-state index is -0.716. The smallest absolute Gasteiger partial charge is 0.303 e. The van der Waals surface area contributed by atoms with E-state index in [0.717, 1.165) is 26.1 Å². The van der Waals surface area contributed by atoms with Gasteiger partial charge in [-0.15, -0.1) is 0 Å². The van der Waals surface area contributed by atoms with Crippen molar-refractivity contribution in [2.75, 3.05) is 13.2 Å². The number of ether oxygens (including phenoxy) is 1. The first kappa shape index (κ1) is 13.1. The number of hydrogen-bond donors (Lipinski definition) is 1. The van der Waals surface area contributed by atoms with Crippen molar-refractivity contribution in [3.8, 4) is 0 Å². The SMILES string of the molecule is CCc1ccc(C2(CCCC(=O)O)COC2)cc1. The van der Waals surface area contributed by atoms with E-state index in [2.05, 4.69) is 31.2 Å². The number of carboxylic acid groups (broad SMARTS) is 1. The van der Waals surface area contributed by atoms with Crippen LogP contribution < -0.4 is 0 Å². The fourth-order valence-corrected chi connectivity index (χ4v) is 2.48. The second kappa shape index (κ2) is 5.53. The van der Waals surface area contributed by atoms with Gasteiger partial charge in [0.05, 0.1) is 13.2 Å². The van der Waals surface area contributed by atoms with E-state index in [0.29, 0.717) is 6.42 Å². The zero-order valence-corrected chi connectivity index (χ0v) is 10.8. The third kappa shape index (κ3) is 2.72. The zero-order chi connectivity index (χ0) is 13.0. The number of aliphatic carboxylic acids is 1. The van der Waals surface area contributed by atoms with Gasteiger partial charge in [0, 0.05) is 11.8 Å². The molecule has 0 saturated carbocycles. The molecule has 0 aliphatic carbocycles. The molecule has 1 aliphatic rings. The second-order valence-electron chi connectivity index (χ2n) is 5.07. The summed E-state index contributed by atoms with van der Waals surface area (Å²) in [5.41, 5.74) is 2.68. The third-order valence-corrected chi connectivity index (χ3v) is 3.78. The van der Waals surface area contributed by atoms with Gasteiger partial charge in [0.25, 0.3) is 0 Å². The maximum atomic E-state index is 10.6. The van der Waals surface area contributed by atoms with Crippen LogP contribution in [0, 0.1) is 0 Å². The van der Waals surface area contributed by atoms with Crippen LogP contribution >= 0.6 is 0 Å². The molecule has 0 unspecified atom stereocenters. The third-order valence-electron chi connectivity index (χ3n) is 3.78. The average molecular weight is 248 g/mol. The van der Waals surface area contributed by atoms with Gasteiger partial charge in [-0.1, -0.05) is 31.2 Å². The van der Waals surface area contributed by atoms with Crippen LogP contribution in [0.15, 0.2) is 24.3 Å². The van der Waals surface area contributed by atoms with Gasteiger partial charge in [-0.3, -0.25) is 4.79 Å². The van der Waals surface area contributed by atoms with Gasteiger partial charge in [0.2, 0.25) is 0 Å². The normalized spacial score (nSPS) is 17.2. The lowest BCUT2D eigenvalue weighted by Crippen LogP contribution is -2.46. The molecule has 2 rings (SSSR count). The number of rotatable bonds is 6. The summed E-state index contributed by atoms with van der Waals surface area (Å²) in [6.07, 6.45) is 2.90. The molecule has 3 heteroatoms. The van der Waals surface area contributed by atoms with Gasteiger partial charge < -0.3 is 9.84 Å². The number of hydrogen-bond acceptors (Lipinski definition) is 2. The van der Waals surface area contributed by atoms with Crippen LogP contribution in [0.3, 0.4) is 0 Å². The molecule has 1 aromatic carbocycles. The van der Waals surface area contributed by atoms with Gasteiger partial charge in [-0.05, 0) is 30.4 Å². The van der Waals surface area contributed by atoms with Crippen molar-refractivity contribution < 1.29 is 14.6 Å². The minimum absolute atomic E-state index is 0.0573. The van der Waals surface area contributed by atoms with Crippen LogP contribution in [0.2, 0.25) is 0 Å². The van der Waals surface area contributed by atoms with E-state index < -0.39 is 5.97 Å². The van der Waals surface area contributed by atoms with Gasteiger partial charge in [0.15, 0.2) is 0 Å². The van der Waals surface area contributed by atoms with Crippen LogP contribution in [0.5, 0.6) is 0 Å². The molecule has 1 N–H and O–H groups in total. The van der Waals surface area contributed by atoms with Crippen molar-refractivity contribution in [2.24, 2.45) is 0 Å². The summed E-state index contributed by atoms with van der Waals surface area (Å²) < 4.78 is 5.36. The molecule has 98 valence electrons. The standard InChI is InChI=1S/C15H20O3/c1-2-12-5-7-13(8-6-12)15(10-18-11-15)9-3-4-14(16)17/h5-8H,2-4,9-11H2,1H3,(H,16,17). The highest BCUT2D eigenvalue weighted by Crippen LogP contribution is 2.37. The number of benzene rings is 1. The molecule has 0 aromatic heterocycles. The summed E-state index contributed by atoms with van der Waals surface area (Å²) >= 11 is 0. The van der Waals surface area contributed by atoms with Crippen molar-refractivity contribution in [1.29, 1.82) is 0 Å². The molecule has 0 bridgehead atoms. The van der Waals surface area contributed by atoms with Crippen LogP contribution in [0.25, 0.3) is 0 Å². The van der Waals surface area contributed by atoms with E-state index in [-0.39, 0.29) is 11.8 Å². The summed E-state index contributed by atoms with van der Waals surface area (Å²) in [6, 6.07) is 8.66. The highest BCUT2D eigenvalue weighted by atomic mass is 16.5. The van der Waals surface area contributed by atoms with Crippen molar-refractivity contribution in [1.82, 2.24) is 0 Å². The highest BCUT2D eigenvalue weighted by molar-refractivity contribution is 5.66. The van der Waals surface area contributed by atoms with Gasteiger partial charge in [-0.25, -0.2) is 0 Å². The Bertz CT molecular complexity index is 404. The van der Waals surface area contributed by atoms with E-state index in [1.807, 2.05) is 0 Å². The van der Waals surface area contributed by atoms with Crippen molar-refractivity contribution in [3.05, 3.63) is 35.4 Å². The Labute approximate surface area is 108 Å². The molecule has 0 spiro atoms. The lowest BCUT2D eigenvalue weighted by atomic mass is 9.74. The molecule has 1 fully saturated rings. The molecule has 0 atom stereocenters. The van der Waals surface area contributed by atoms with E-state index in [4.69, 9.17) is 9.84 Å². The number of carbonyl (C=O) groups is 1. The molecular formula is C15H20O3. The molecule has 0 amide bonds. The summed E-state index contributed by atoms with van der Waals surface area (Å²) in [7, 11) is 0.